The first kappa shape index (κ1) is 8.43. The van der Waals surface area contributed by atoms with Crippen LogP contribution in [0.25, 0.3) is 0 Å². The predicted molar refractivity (Wildman–Crippen MR) is 43.2 cm³/mol. The molecule has 0 aromatic rings. The zero-order valence-electron chi connectivity index (χ0n) is 6.20. The Labute approximate surface area is 54.8 Å². The van der Waals surface area contributed by atoms with Crippen molar-refractivity contribution in [2.24, 2.45) is 0 Å². The van der Waals surface area contributed by atoms with Crippen molar-refractivity contribution in [2.75, 3.05) is 6.16 Å². The van der Waals surface area contributed by atoms with Gasteiger partial charge in [-0.15, -0.1) is 8.58 Å². The molecule has 0 bridgehead atoms. The van der Waals surface area contributed by atoms with Gasteiger partial charge in [0.1, 0.15) is 0 Å². The molecule has 0 aliphatic heterocycles. The van der Waals surface area contributed by atoms with Crippen LogP contribution < -0.4 is 0 Å². The van der Waals surface area contributed by atoms with E-state index in [1.165, 1.54) is 27.6 Å². The van der Waals surface area contributed by atoms with Gasteiger partial charge in [0.2, 0.25) is 0 Å². The van der Waals surface area contributed by atoms with Gasteiger partial charge in [0.15, 0.2) is 0 Å². The first-order valence-electron chi connectivity index (χ1n) is 3.50. The summed E-state index contributed by atoms with van der Waals surface area (Å²) in [6.07, 6.45) is 4.24. The van der Waals surface area contributed by atoms with Crippen molar-refractivity contribution in [1.29, 1.82) is 0 Å². The third kappa shape index (κ3) is 6.43. The van der Waals surface area contributed by atoms with Gasteiger partial charge in [-0.2, -0.15) is 0 Å². The van der Waals surface area contributed by atoms with Crippen LogP contribution >= 0.6 is 8.58 Å². The Morgan fingerprint density at radius 2 is 2.00 bits per heavy atom. The fourth-order valence-corrected chi connectivity index (χ4v) is 1.70. The Hall–Kier alpha value is 0.430. The maximum atomic E-state index is 2.30. The Balaban J connectivity index is 2.72. The number of rotatable bonds is 4. The van der Waals surface area contributed by atoms with Gasteiger partial charge in [-0.05, 0) is 18.2 Å². The molecule has 0 aromatic carbocycles. The highest BCUT2D eigenvalue weighted by molar-refractivity contribution is 7.38. The summed E-state index contributed by atoms with van der Waals surface area (Å²) in [5.41, 5.74) is 0.932. The van der Waals surface area contributed by atoms with E-state index >= 15 is 0 Å². The van der Waals surface area contributed by atoms with Crippen molar-refractivity contribution in [3.63, 3.8) is 0 Å². The molecule has 0 radical (unpaired) electrons. The second kappa shape index (κ2) is 5.56. The van der Waals surface area contributed by atoms with E-state index < -0.39 is 0 Å². The lowest BCUT2D eigenvalue weighted by Gasteiger charge is -2.01. The molecule has 1 atom stereocenters. The first-order chi connectivity index (χ1) is 3.77. The summed E-state index contributed by atoms with van der Waals surface area (Å²) >= 11 is 0. The molecule has 50 valence electrons. The van der Waals surface area contributed by atoms with Crippen molar-refractivity contribution in [3.8, 4) is 0 Å². The highest BCUT2D eigenvalue weighted by atomic mass is 31.1. The minimum absolute atomic E-state index is 0.932. The average Bonchev–Trinajstić information content (AvgIpc) is 1.66. The van der Waals surface area contributed by atoms with Crippen LogP contribution in [0.5, 0.6) is 0 Å². The third-order valence-electron chi connectivity index (χ3n) is 1.08. The van der Waals surface area contributed by atoms with Gasteiger partial charge >= 0.3 is 0 Å². The van der Waals surface area contributed by atoms with Crippen LogP contribution in [0.2, 0.25) is 0 Å². The highest BCUT2D eigenvalue weighted by Gasteiger charge is 1.89. The Kier molecular flexibility index (Phi) is 5.86. The van der Waals surface area contributed by atoms with Gasteiger partial charge in [0, 0.05) is 0 Å². The maximum absolute atomic E-state index is 2.30. The molecule has 0 aromatic heterocycles. The van der Waals surface area contributed by atoms with Crippen LogP contribution in [0.4, 0.5) is 0 Å². The smallest absolute Gasteiger partial charge is 0.0294 e. The number of hydrogen-bond acceptors (Lipinski definition) is 0. The molecule has 0 saturated heterocycles. The van der Waals surface area contributed by atoms with E-state index in [0.29, 0.717) is 0 Å². The zero-order valence-corrected chi connectivity index (χ0v) is 7.20. The summed E-state index contributed by atoms with van der Waals surface area (Å²) in [7, 11) is 1.20. The van der Waals surface area contributed by atoms with E-state index in [1.807, 2.05) is 0 Å². The molecule has 8 heavy (non-hydrogen) atoms. The maximum Gasteiger partial charge on any atom is -0.0294 e. The van der Waals surface area contributed by atoms with Crippen molar-refractivity contribution in [2.45, 2.75) is 39.3 Å². The normalized spacial score (nSPS) is 12.0. The fraction of sp³-hybridized carbons (Fsp3) is 1.00. The topological polar surface area (TPSA) is 0 Å². The minimum atomic E-state index is 0.932. The van der Waals surface area contributed by atoms with Gasteiger partial charge in [-0.3, -0.25) is 0 Å². The number of unbranched alkanes of at least 4 members (excludes halogenated alkanes) is 1. The third-order valence-corrected chi connectivity index (χ3v) is 2.54. The summed E-state index contributed by atoms with van der Waals surface area (Å²) in [6.45, 7) is 6.85. The molecule has 0 rings (SSSR count). The molecular formula is C7H17P. The highest BCUT2D eigenvalue weighted by Crippen LogP contribution is 2.18. The summed E-state index contributed by atoms with van der Waals surface area (Å²) in [5.74, 6) is 0. The zero-order chi connectivity index (χ0) is 6.41. The van der Waals surface area contributed by atoms with E-state index in [9.17, 15) is 0 Å². The molecule has 0 aliphatic carbocycles. The lowest BCUT2D eigenvalue weighted by Crippen LogP contribution is -1.84. The van der Waals surface area contributed by atoms with E-state index in [-0.39, 0.29) is 0 Å². The Morgan fingerprint density at radius 1 is 1.38 bits per heavy atom. The van der Waals surface area contributed by atoms with Crippen molar-refractivity contribution >= 4 is 8.58 Å². The molecule has 0 aliphatic rings. The SMILES string of the molecule is CCCCPC(C)C. The minimum Gasteiger partial charge on any atom is -0.119 e. The van der Waals surface area contributed by atoms with Gasteiger partial charge < -0.3 is 0 Å². The number of hydrogen-bond donors (Lipinski definition) is 0. The fourth-order valence-electron chi connectivity index (χ4n) is 0.568. The lowest BCUT2D eigenvalue weighted by atomic mass is 10.4. The summed E-state index contributed by atoms with van der Waals surface area (Å²) in [5, 5.41) is 0. The standard InChI is InChI=1S/C7H17P/c1-4-5-6-8-7(2)3/h7-8H,4-6H2,1-3H3. The van der Waals surface area contributed by atoms with Crippen LogP contribution in [0.15, 0.2) is 0 Å². The molecule has 0 fully saturated rings. The van der Waals surface area contributed by atoms with Crippen LogP contribution in [-0.4, -0.2) is 11.8 Å². The van der Waals surface area contributed by atoms with Crippen molar-refractivity contribution in [1.82, 2.24) is 0 Å². The van der Waals surface area contributed by atoms with E-state index in [0.717, 1.165) is 5.66 Å². The van der Waals surface area contributed by atoms with E-state index in [1.54, 1.807) is 0 Å². The first-order valence-corrected chi connectivity index (χ1v) is 4.79. The second-order valence-electron chi connectivity index (χ2n) is 2.46. The molecule has 0 N–H and O–H groups in total. The van der Waals surface area contributed by atoms with Crippen LogP contribution in [-0.2, 0) is 0 Å². The van der Waals surface area contributed by atoms with Crippen LogP contribution in [0.3, 0.4) is 0 Å². The average molecular weight is 132 g/mol. The van der Waals surface area contributed by atoms with Gasteiger partial charge in [0.25, 0.3) is 0 Å². The van der Waals surface area contributed by atoms with Crippen LogP contribution in [0.1, 0.15) is 33.6 Å². The molecule has 0 saturated carbocycles. The molecular weight excluding hydrogens is 115 g/mol. The van der Waals surface area contributed by atoms with Crippen molar-refractivity contribution < 1.29 is 0 Å². The molecule has 1 unspecified atom stereocenters. The summed E-state index contributed by atoms with van der Waals surface area (Å²) < 4.78 is 0. The molecule has 0 amide bonds. The van der Waals surface area contributed by atoms with Gasteiger partial charge in [-0.1, -0.05) is 27.2 Å². The summed E-state index contributed by atoms with van der Waals surface area (Å²) in [4.78, 5) is 0. The van der Waals surface area contributed by atoms with E-state index in [4.69, 9.17) is 0 Å². The van der Waals surface area contributed by atoms with Gasteiger partial charge in [0.05, 0.1) is 0 Å². The molecule has 0 heterocycles. The Bertz CT molecular complexity index is 41.7. The van der Waals surface area contributed by atoms with E-state index in [2.05, 4.69) is 20.8 Å². The summed E-state index contributed by atoms with van der Waals surface area (Å²) in [6, 6.07) is 0. The largest absolute Gasteiger partial charge is 0.119 e. The van der Waals surface area contributed by atoms with Crippen LogP contribution in [0, 0.1) is 0 Å². The Morgan fingerprint density at radius 3 is 2.38 bits per heavy atom. The van der Waals surface area contributed by atoms with Crippen molar-refractivity contribution in [3.05, 3.63) is 0 Å². The second-order valence-corrected chi connectivity index (χ2v) is 4.53. The monoisotopic (exact) mass is 132 g/mol. The molecule has 0 nitrogen and oxygen atoms in total. The molecule has 0 spiro atoms. The lowest BCUT2D eigenvalue weighted by molar-refractivity contribution is 0.889. The molecule has 1 heteroatoms. The van der Waals surface area contributed by atoms with Gasteiger partial charge in [-0.25, -0.2) is 0 Å². The quantitative estimate of drug-likeness (QED) is 0.407. The predicted octanol–water partition coefficient (Wildman–Crippen LogP) is 2.87.